The van der Waals surface area contributed by atoms with Gasteiger partial charge in [-0.05, 0) is 19.1 Å². The Kier molecular flexibility index (Phi) is 1.86. The number of hydrogen-bond donors (Lipinski definition) is 2. The Bertz CT molecular complexity index is 378. The van der Waals surface area contributed by atoms with E-state index in [2.05, 4.69) is 15.1 Å². The number of hydrogen-bond acceptors (Lipinski definition) is 4. The van der Waals surface area contributed by atoms with Crippen molar-refractivity contribution in [3.05, 3.63) is 24.2 Å². The van der Waals surface area contributed by atoms with Crippen molar-refractivity contribution in [3.63, 3.8) is 0 Å². The average Bonchev–Trinajstić information content (AvgIpc) is 2.75. The molecule has 0 aliphatic heterocycles. The van der Waals surface area contributed by atoms with Crippen molar-refractivity contribution in [2.75, 3.05) is 0 Å². The van der Waals surface area contributed by atoms with Crippen LogP contribution in [0.25, 0.3) is 11.5 Å². The summed E-state index contributed by atoms with van der Waals surface area (Å²) in [5, 5.41) is 12.8. The first-order valence-electron chi connectivity index (χ1n) is 3.93. The highest BCUT2D eigenvalue weighted by molar-refractivity contribution is 5.47. The normalized spacial score (nSPS) is 13.1. The van der Waals surface area contributed by atoms with E-state index >= 15 is 0 Å². The molecule has 0 spiro atoms. The molecule has 13 heavy (non-hydrogen) atoms. The maximum atomic E-state index is 9.13. The van der Waals surface area contributed by atoms with Gasteiger partial charge in [0.15, 0.2) is 0 Å². The molecule has 68 valence electrons. The first-order chi connectivity index (χ1) is 6.27. The molecule has 0 saturated heterocycles. The lowest BCUT2D eigenvalue weighted by Gasteiger charge is -1.91. The van der Waals surface area contributed by atoms with Crippen molar-refractivity contribution in [3.8, 4) is 11.5 Å². The van der Waals surface area contributed by atoms with Gasteiger partial charge in [0.25, 0.3) is 5.89 Å². The molecule has 2 N–H and O–H groups in total. The summed E-state index contributed by atoms with van der Waals surface area (Å²) in [7, 11) is 0. The molecule has 2 heterocycles. The molecule has 0 saturated carbocycles. The summed E-state index contributed by atoms with van der Waals surface area (Å²) in [6.07, 6.45) is 1.05. The smallest absolute Gasteiger partial charge is 0.255 e. The molecule has 0 radical (unpaired) electrons. The Hall–Kier alpha value is -1.62. The molecule has 2 rings (SSSR count). The Morgan fingerprint density at radius 1 is 1.62 bits per heavy atom. The van der Waals surface area contributed by atoms with Gasteiger partial charge in [-0.2, -0.15) is 4.98 Å². The molecule has 0 fully saturated rings. The quantitative estimate of drug-likeness (QED) is 0.724. The molecule has 2 aromatic rings. The summed E-state index contributed by atoms with van der Waals surface area (Å²) in [6, 6.07) is 3.67. The molecular weight excluding hydrogens is 170 g/mol. The van der Waals surface area contributed by atoms with Gasteiger partial charge in [0.2, 0.25) is 5.82 Å². The molecule has 5 nitrogen and oxygen atoms in total. The fraction of sp³-hybridized carbons (Fsp3) is 0.250. The molecule has 1 atom stereocenters. The highest BCUT2D eigenvalue weighted by Gasteiger charge is 2.12. The van der Waals surface area contributed by atoms with Gasteiger partial charge in [-0.25, -0.2) is 0 Å². The maximum absolute atomic E-state index is 9.13. The van der Waals surface area contributed by atoms with Crippen molar-refractivity contribution in [2.45, 2.75) is 13.0 Å². The average molecular weight is 179 g/mol. The second-order valence-corrected chi connectivity index (χ2v) is 2.72. The second kappa shape index (κ2) is 3.02. The number of aliphatic hydroxyl groups excluding tert-OH is 1. The van der Waals surface area contributed by atoms with Crippen LogP contribution in [0.3, 0.4) is 0 Å². The van der Waals surface area contributed by atoms with Gasteiger partial charge >= 0.3 is 0 Å². The highest BCUT2D eigenvalue weighted by atomic mass is 16.5. The topological polar surface area (TPSA) is 74.9 Å². The number of nitrogens with zero attached hydrogens (tertiary/aromatic N) is 2. The van der Waals surface area contributed by atoms with E-state index in [9.17, 15) is 0 Å². The summed E-state index contributed by atoms with van der Waals surface area (Å²) in [5.74, 6) is 0.686. The lowest BCUT2D eigenvalue weighted by molar-refractivity contribution is 0.152. The lowest BCUT2D eigenvalue weighted by Crippen LogP contribution is -1.90. The van der Waals surface area contributed by atoms with Crippen LogP contribution in [0.5, 0.6) is 0 Å². The molecule has 5 heteroatoms. The molecule has 0 bridgehead atoms. The van der Waals surface area contributed by atoms with E-state index in [1.54, 1.807) is 13.1 Å². The van der Waals surface area contributed by atoms with Gasteiger partial charge in [-0.15, -0.1) is 0 Å². The van der Waals surface area contributed by atoms with Crippen LogP contribution in [-0.4, -0.2) is 20.2 Å². The van der Waals surface area contributed by atoms with E-state index in [-0.39, 0.29) is 5.89 Å². The molecular formula is C8H9N3O2. The van der Waals surface area contributed by atoms with Gasteiger partial charge in [0, 0.05) is 6.20 Å². The van der Waals surface area contributed by atoms with E-state index in [0.717, 1.165) is 5.69 Å². The van der Waals surface area contributed by atoms with Crippen LogP contribution in [0.1, 0.15) is 18.9 Å². The van der Waals surface area contributed by atoms with Crippen molar-refractivity contribution >= 4 is 0 Å². The molecule has 0 aromatic carbocycles. The molecule has 0 aliphatic carbocycles. The van der Waals surface area contributed by atoms with E-state index in [1.807, 2.05) is 12.1 Å². The molecule has 1 unspecified atom stereocenters. The first kappa shape index (κ1) is 8.00. The minimum absolute atomic E-state index is 0.226. The standard InChI is InChI=1S/C8H9N3O2/c1-5(12)8-10-7(11-13-8)6-3-2-4-9-6/h2-5,9,12H,1H3. The lowest BCUT2D eigenvalue weighted by atomic mass is 10.4. The Labute approximate surface area is 74.4 Å². The summed E-state index contributed by atoms with van der Waals surface area (Å²) in [6.45, 7) is 1.58. The third-order valence-electron chi connectivity index (χ3n) is 1.64. The molecule has 0 aliphatic rings. The van der Waals surface area contributed by atoms with Crippen LogP contribution in [-0.2, 0) is 0 Å². The largest absolute Gasteiger partial charge is 0.384 e. The number of aliphatic hydroxyl groups is 1. The fourth-order valence-electron chi connectivity index (χ4n) is 0.984. The molecule has 0 amide bonds. The Morgan fingerprint density at radius 2 is 2.46 bits per heavy atom. The first-order valence-corrected chi connectivity index (χ1v) is 3.93. The van der Waals surface area contributed by atoms with Crippen molar-refractivity contribution in [1.82, 2.24) is 15.1 Å². The van der Waals surface area contributed by atoms with Crippen molar-refractivity contribution in [1.29, 1.82) is 0 Å². The van der Waals surface area contributed by atoms with Crippen LogP contribution in [0.2, 0.25) is 0 Å². The SMILES string of the molecule is CC(O)c1nc(-c2ccc[nH]2)no1. The third kappa shape index (κ3) is 1.46. The van der Waals surface area contributed by atoms with Gasteiger partial charge in [-0.1, -0.05) is 5.16 Å². The van der Waals surface area contributed by atoms with Gasteiger partial charge in [0.05, 0.1) is 5.69 Å². The minimum Gasteiger partial charge on any atom is -0.384 e. The summed E-state index contributed by atoms with van der Waals surface area (Å²) in [4.78, 5) is 6.93. The van der Waals surface area contributed by atoms with E-state index in [0.29, 0.717) is 5.82 Å². The minimum atomic E-state index is -0.726. The number of aromatic amines is 1. The fourth-order valence-corrected chi connectivity index (χ4v) is 0.984. The highest BCUT2D eigenvalue weighted by Crippen LogP contribution is 2.15. The summed E-state index contributed by atoms with van der Waals surface area (Å²) >= 11 is 0. The van der Waals surface area contributed by atoms with Crippen molar-refractivity contribution < 1.29 is 9.63 Å². The summed E-state index contributed by atoms with van der Waals surface area (Å²) < 4.78 is 4.82. The number of nitrogens with one attached hydrogen (secondary N) is 1. The number of rotatable bonds is 2. The Balaban J connectivity index is 2.33. The monoisotopic (exact) mass is 179 g/mol. The zero-order chi connectivity index (χ0) is 9.26. The zero-order valence-electron chi connectivity index (χ0n) is 7.06. The number of H-pyrrole nitrogens is 1. The van der Waals surface area contributed by atoms with E-state index in [1.165, 1.54) is 0 Å². The Morgan fingerprint density at radius 3 is 3.00 bits per heavy atom. The summed E-state index contributed by atoms with van der Waals surface area (Å²) in [5.41, 5.74) is 0.774. The predicted octanol–water partition coefficient (Wildman–Crippen LogP) is 1.12. The maximum Gasteiger partial charge on any atom is 0.255 e. The van der Waals surface area contributed by atoms with Gasteiger partial charge in [-0.3, -0.25) is 0 Å². The zero-order valence-corrected chi connectivity index (χ0v) is 7.06. The van der Waals surface area contributed by atoms with Crippen molar-refractivity contribution in [2.24, 2.45) is 0 Å². The van der Waals surface area contributed by atoms with Gasteiger partial charge in [0.1, 0.15) is 6.10 Å². The van der Waals surface area contributed by atoms with E-state index < -0.39 is 6.10 Å². The third-order valence-corrected chi connectivity index (χ3v) is 1.64. The second-order valence-electron chi connectivity index (χ2n) is 2.72. The van der Waals surface area contributed by atoms with Crippen LogP contribution in [0, 0.1) is 0 Å². The predicted molar refractivity (Wildman–Crippen MR) is 44.7 cm³/mol. The van der Waals surface area contributed by atoms with Crippen LogP contribution >= 0.6 is 0 Å². The van der Waals surface area contributed by atoms with Crippen LogP contribution < -0.4 is 0 Å². The molecule has 2 aromatic heterocycles. The number of aromatic nitrogens is 3. The van der Waals surface area contributed by atoms with E-state index in [4.69, 9.17) is 9.63 Å². The van der Waals surface area contributed by atoms with Crippen LogP contribution in [0.4, 0.5) is 0 Å². The van der Waals surface area contributed by atoms with Gasteiger partial charge < -0.3 is 14.6 Å². The van der Waals surface area contributed by atoms with Crippen LogP contribution in [0.15, 0.2) is 22.9 Å².